The van der Waals surface area contributed by atoms with Crippen molar-refractivity contribution in [3.8, 4) is 0 Å². The standard InChI is InChI=1S/C18H25NO2/c1-12-6-5-7-13(2)17(12)19-10-14-8-3-4-9-15(14)16(11-19)18(20)21/h3-4,8-9,12-13,16-17H,5-7,10-11H2,1-2H3,(H,20,21). The summed E-state index contributed by atoms with van der Waals surface area (Å²) in [6, 6.07) is 8.58. The van der Waals surface area contributed by atoms with E-state index in [0.29, 0.717) is 24.4 Å². The molecule has 0 saturated heterocycles. The molecule has 114 valence electrons. The average Bonchev–Trinajstić information content (AvgIpc) is 2.46. The molecule has 3 heteroatoms. The molecule has 0 bridgehead atoms. The largest absolute Gasteiger partial charge is 0.481 e. The fourth-order valence-corrected chi connectivity index (χ4v) is 4.46. The number of carboxylic acids is 1. The van der Waals surface area contributed by atoms with Crippen LogP contribution in [0, 0.1) is 11.8 Å². The van der Waals surface area contributed by atoms with E-state index in [2.05, 4.69) is 24.8 Å². The first-order valence-electron chi connectivity index (χ1n) is 8.12. The average molecular weight is 287 g/mol. The second-order valence-electron chi connectivity index (χ2n) is 6.90. The predicted molar refractivity (Wildman–Crippen MR) is 83.2 cm³/mol. The summed E-state index contributed by atoms with van der Waals surface area (Å²) in [4.78, 5) is 14.1. The molecule has 1 fully saturated rings. The van der Waals surface area contributed by atoms with Crippen molar-refractivity contribution >= 4 is 5.97 Å². The van der Waals surface area contributed by atoms with Crippen LogP contribution in [0.4, 0.5) is 0 Å². The monoisotopic (exact) mass is 287 g/mol. The second kappa shape index (κ2) is 5.80. The Labute approximate surface area is 127 Å². The topological polar surface area (TPSA) is 40.5 Å². The summed E-state index contributed by atoms with van der Waals surface area (Å²) in [5.74, 6) is 0.251. The molecule has 1 aromatic rings. The van der Waals surface area contributed by atoms with Crippen LogP contribution in [0.1, 0.15) is 50.2 Å². The lowest BCUT2D eigenvalue weighted by Gasteiger charge is -2.46. The molecule has 0 spiro atoms. The van der Waals surface area contributed by atoms with Gasteiger partial charge in [0, 0.05) is 19.1 Å². The van der Waals surface area contributed by atoms with Gasteiger partial charge in [0.2, 0.25) is 0 Å². The van der Waals surface area contributed by atoms with E-state index < -0.39 is 5.97 Å². The Balaban J connectivity index is 1.90. The molecule has 0 aromatic heterocycles. The molecule has 2 aliphatic rings. The molecule has 0 radical (unpaired) electrons. The first kappa shape index (κ1) is 14.6. The number of aliphatic carboxylic acids is 1. The Morgan fingerprint density at radius 1 is 1.19 bits per heavy atom. The fraction of sp³-hybridized carbons (Fsp3) is 0.611. The molecule has 1 N–H and O–H groups in total. The Hall–Kier alpha value is -1.35. The zero-order valence-corrected chi connectivity index (χ0v) is 13.0. The van der Waals surface area contributed by atoms with Gasteiger partial charge in [0.15, 0.2) is 0 Å². The molecule has 1 aliphatic carbocycles. The van der Waals surface area contributed by atoms with Gasteiger partial charge in [0.05, 0.1) is 5.92 Å². The van der Waals surface area contributed by atoms with Crippen LogP contribution in [-0.2, 0) is 11.3 Å². The lowest BCUT2D eigenvalue weighted by molar-refractivity contribution is -0.140. The van der Waals surface area contributed by atoms with Crippen molar-refractivity contribution < 1.29 is 9.90 Å². The Bertz CT molecular complexity index is 518. The van der Waals surface area contributed by atoms with E-state index in [0.717, 1.165) is 12.1 Å². The molecule has 3 unspecified atom stereocenters. The highest BCUT2D eigenvalue weighted by Gasteiger charge is 2.38. The minimum atomic E-state index is -0.691. The Morgan fingerprint density at radius 3 is 2.52 bits per heavy atom. The number of carboxylic acid groups (broad SMARTS) is 1. The van der Waals surface area contributed by atoms with Crippen molar-refractivity contribution in [2.45, 2.75) is 51.6 Å². The second-order valence-corrected chi connectivity index (χ2v) is 6.90. The number of nitrogens with zero attached hydrogens (tertiary/aromatic N) is 1. The molecule has 1 saturated carbocycles. The highest BCUT2D eigenvalue weighted by molar-refractivity contribution is 5.77. The van der Waals surface area contributed by atoms with Gasteiger partial charge < -0.3 is 5.11 Å². The van der Waals surface area contributed by atoms with E-state index in [1.165, 1.54) is 24.8 Å². The summed E-state index contributed by atoms with van der Waals surface area (Å²) in [6.45, 7) is 6.22. The maximum absolute atomic E-state index is 11.7. The van der Waals surface area contributed by atoms with Crippen LogP contribution in [-0.4, -0.2) is 28.6 Å². The van der Waals surface area contributed by atoms with Crippen molar-refractivity contribution in [3.63, 3.8) is 0 Å². The molecule has 3 nitrogen and oxygen atoms in total. The highest BCUT2D eigenvalue weighted by atomic mass is 16.4. The van der Waals surface area contributed by atoms with Gasteiger partial charge in [-0.15, -0.1) is 0 Å². The molecule has 1 aliphatic heterocycles. The van der Waals surface area contributed by atoms with E-state index >= 15 is 0 Å². The van der Waals surface area contributed by atoms with Gasteiger partial charge in [-0.2, -0.15) is 0 Å². The maximum atomic E-state index is 11.7. The van der Waals surface area contributed by atoms with Crippen molar-refractivity contribution in [2.75, 3.05) is 6.54 Å². The number of hydrogen-bond acceptors (Lipinski definition) is 2. The highest BCUT2D eigenvalue weighted by Crippen LogP contribution is 2.37. The van der Waals surface area contributed by atoms with Crippen LogP contribution in [0.25, 0.3) is 0 Å². The first-order chi connectivity index (χ1) is 10.1. The predicted octanol–water partition coefficient (Wildman–Crippen LogP) is 3.50. The zero-order valence-electron chi connectivity index (χ0n) is 13.0. The summed E-state index contributed by atoms with van der Waals surface area (Å²) in [7, 11) is 0. The fourth-order valence-electron chi connectivity index (χ4n) is 4.46. The van der Waals surface area contributed by atoms with E-state index in [9.17, 15) is 9.90 Å². The van der Waals surface area contributed by atoms with E-state index in [1.54, 1.807) is 0 Å². The number of rotatable bonds is 2. The molecule has 1 heterocycles. The lowest BCUT2D eigenvalue weighted by Crippen LogP contribution is -2.50. The van der Waals surface area contributed by atoms with Gasteiger partial charge in [-0.3, -0.25) is 9.69 Å². The summed E-state index contributed by atoms with van der Waals surface area (Å²) in [5, 5.41) is 9.61. The van der Waals surface area contributed by atoms with Gasteiger partial charge in [-0.1, -0.05) is 44.5 Å². The minimum absolute atomic E-state index is 0.378. The third-order valence-corrected chi connectivity index (χ3v) is 5.43. The minimum Gasteiger partial charge on any atom is -0.481 e. The third kappa shape index (κ3) is 2.71. The van der Waals surface area contributed by atoms with Gasteiger partial charge in [0.25, 0.3) is 0 Å². The van der Waals surface area contributed by atoms with E-state index in [-0.39, 0.29) is 5.92 Å². The molecular weight excluding hydrogens is 262 g/mol. The quantitative estimate of drug-likeness (QED) is 0.905. The summed E-state index contributed by atoms with van der Waals surface area (Å²) in [6.07, 6.45) is 3.85. The van der Waals surface area contributed by atoms with Crippen LogP contribution in [0.2, 0.25) is 0 Å². The normalized spacial score (nSPS) is 33.4. The molecule has 3 rings (SSSR count). The van der Waals surface area contributed by atoms with Crippen LogP contribution in [0.15, 0.2) is 24.3 Å². The maximum Gasteiger partial charge on any atom is 0.312 e. The van der Waals surface area contributed by atoms with E-state index in [4.69, 9.17) is 0 Å². The van der Waals surface area contributed by atoms with Gasteiger partial charge >= 0.3 is 5.97 Å². The number of benzene rings is 1. The molecular formula is C18H25NO2. The summed E-state index contributed by atoms with van der Waals surface area (Å²) < 4.78 is 0. The molecule has 21 heavy (non-hydrogen) atoms. The van der Waals surface area contributed by atoms with Crippen LogP contribution in [0.5, 0.6) is 0 Å². The number of hydrogen-bond donors (Lipinski definition) is 1. The van der Waals surface area contributed by atoms with Crippen molar-refractivity contribution in [2.24, 2.45) is 11.8 Å². The molecule has 3 atom stereocenters. The first-order valence-corrected chi connectivity index (χ1v) is 8.12. The smallest absolute Gasteiger partial charge is 0.312 e. The van der Waals surface area contributed by atoms with Gasteiger partial charge in [-0.25, -0.2) is 0 Å². The van der Waals surface area contributed by atoms with Crippen molar-refractivity contribution in [3.05, 3.63) is 35.4 Å². The molecule has 0 amide bonds. The van der Waals surface area contributed by atoms with E-state index in [1.807, 2.05) is 18.2 Å². The van der Waals surface area contributed by atoms with Crippen LogP contribution >= 0.6 is 0 Å². The zero-order chi connectivity index (χ0) is 15.0. The van der Waals surface area contributed by atoms with Gasteiger partial charge in [-0.05, 0) is 35.8 Å². The van der Waals surface area contributed by atoms with Crippen molar-refractivity contribution in [1.82, 2.24) is 4.90 Å². The van der Waals surface area contributed by atoms with Crippen LogP contribution < -0.4 is 0 Å². The number of carbonyl (C=O) groups is 1. The molecule has 1 aromatic carbocycles. The summed E-state index contributed by atoms with van der Waals surface area (Å²) in [5.41, 5.74) is 2.21. The van der Waals surface area contributed by atoms with Crippen LogP contribution in [0.3, 0.4) is 0 Å². The SMILES string of the molecule is CC1CCCC(C)C1N1Cc2ccccc2C(C(=O)O)C1. The van der Waals surface area contributed by atoms with Crippen molar-refractivity contribution in [1.29, 1.82) is 0 Å². The summed E-state index contributed by atoms with van der Waals surface area (Å²) >= 11 is 0. The Kier molecular flexibility index (Phi) is 4.03. The Morgan fingerprint density at radius 2 is 1.86 bits per heavy atom. The third-order valence-electron chi connectivity index (χ3n) is 5.43. The number of fused-ring (bicyclic) bond motifs is 1. The lowest BCUT2D eigenvalue weighted by atomic mass is 9.76. The van der Waals surface area contributed by atoms with Gasteiger partial charge in [0.1, 0.15) is 0 Å².